The molecule has 0 spiro atoms. The van der Waals surface area contributed by atoms with Crippen molar-refractivity contribution in [2.45, 2.75) is 32.7 Å². The minimum Gasteiger partial charge on any atom is -0.350 e. The lowest BCUT2D eigenvalue weighted by Crippen LogP contribution is -2.94. The van der Waals surface area contributed by atoms with Crippen LogP contribution < -0.4 is 16.2 Å². The first kappa shape index (κ1) is 17.1. The first-order valence-corrected chi connectivity index (χ1v) is 7.88. The summed E-state index contributed by atoms with van der Waals surface area (Å²) in [6.07, 6.45) is 0.882. The number of hydrogen-bond acceptors (Lipinski definition) is 3. The van der Waals surface area contributed by atoms with Crippen molar-refractivity contribution in [3.05, 3.63) is 40.3 Å². The van der Waals surface area contributed by atoms with E-state index in [-0.39, 0.29) is 17.0 Å². The second kappa shape index (κ2) is 6.91. The lowest BCUT2D eigenvalue weighted by Gasteiger charge is -2.16. The standard InChI is InChI=1S/C17H24N4O2/c1-17(2,3)19-11-7-10-18-15(22)14-12-8-5-6-9-13(12)16(23)21(4)20-14/h5-6,8-9,19H,7,10-11H2,1-4H3,(H,18,22)/p+1. The van der Waals surface area contributed by atoms with Gasteiger partial charge in [0.15, 0.2) is 5.69 Å². The van der Waals surface area contributed by atoms with E-state index in [4.69, 9.17) is 0 Å². The molecule has 0 bridgehead atoms. The monoisotopic (exact) mass is 317 g/mol. The number of fused-ring (bicyclic) bond motifs is 1. The van der Waals surface area contributed by atoms with Gasteiger partial charge in [-0.1, -0.05) is 18.2 Å². The lowest BCUT2D eigenvalue weighted by molar-refractivity contribution is -0.717. The van der Waals surface area contributed by atoms with Gasteiger partial charge < -0.3 is 10.6 Å². The number of nitrogens with zero attached hydrogens (tertiary/aromatic N) is 2. The zero-order valence-electron chi connectivity index (χ0n) is 14.2. The number of hydrogen-bond donors (Lipinski definition) is 2. The van der Waals surface area contributed by atoms with E-state index in [0.717, 1.165) is 13.0 Å². The van der Waals surface area contributed by atoms with Crippen molar-refractivity contribution in [2.24, 2.45) is 7.05 Å². The van der Waals surface area contributed by atoms with Crippen LogP contribution in [0.4, 0.5) is 0 Å². The van der Waals surface area contributed by atoms with Gasteiger partial charge in [-0.05, 0) is 26.8 Å². The topological polar surface area (TPSA) is 80.6 Å². The molecule has 1 amide bonds. The Bertz CT molecular complexity index is 759. The van der Waals surface area contributed by atoms with Crippen molar-refractivity contribution in [3.8, 4) is 0 Å². The number of nitrogens with one attached hydrogen (secondary N) is 1. The number of aryl methyl sites for hydroxylation is 1. The molecule has 6 heteroatoms. The highest BCUT2D eigenvalue weighted by atomic mass is 16.2. The minimum absolute atomic E-state index is 0.194. The smallest absolute Gasteiger partial charge is 0.274 e. The Labute approximate surface area is 135 Å². The summed E-state index contributed by atoms with van der Waals surface area (Å²) in [6.45, 7) is 8.01. The van der Waals surface area contributed by atoms with Crippen LogP contribution in [0.3, 0.4) is 0 Å². The number of rotatable bonds is 5. The van der Waals surface area contributed by atoms with Crippen LogP contribution in [0.1, 0.15) is 37.7 Å². The molecule has 1 aromatic heterocycles. The summed E-state index contributed by atoms with van der Waals surface area (Å²) < 4.78 is 1.21. The molecule has 124 valence electrons. The summed E-state index contributed by atoms with van der Waals surface area (Å²) in [5, 5.41) is 10.4. The van der Waals surface area contributed by atoms with Gasteiger partial charge in [0.2, 0.25) is 0 Å². The Morgan fingerprint density at radius 2 is 1.91 bits per heavy atom. The molecule has 1 aromatic carbocycles. The summed E-state index contributed by atoms with van der Waals surface area (Å²) in [5.74, 6) is -0.243. The molecule has 0 saturated heterocycles. The van der Waals surface area contributed by atoms with Crippen LogP contribution in [0.15, 0.2) is 29.1 Å². The molecule has 0 radical (unpaired) electrons. The fourth-order valence-corrected chi connectivity index (χ4v) is 2.39. The fraction of sp³-hybridized carbons (Fsp3) is 0.471. The van der Waals surface area contributed by atoms with Gasteiger partial charge in [-0.25, -0.2) is 4.68 Å². The molecule has 3 N–H and O–H groups in total. The summed E-state index contributed by atoms with van der Waals surface area (Å²) in [7, 11) is 1.56. The third-order valence-corrected chi connectivity index (χ3v) is 3.59. The third kappa shape index (κ3) is 4.39. The number of aromatic nitrogens is 2. The quantitative estimate of drug-likeness (QED) is 0.784. The van der Waals surface area contributed by atoms with E-state index in [2.05, 4.69) is 36.5 Å². The molecule has 6 nitrogen and oxygen atoms in total. The summed E-state index contributed by atoms with van der Waals surface area (Å²) in [4.78, 5) is 24.4. The largest absolute Gasteiger partial charge is 0.350 e. The van der Waals surface area contributed by atoms with E-state index in [1.165, 1.54) is 4.68 Å². The predicted octanol–water partition coefficient (Wildman–Crippen LogP) is 0.415. The summed E-state index contributed by atoms with van der Waals surface area (Å²) in [6, 6.07) is 7.06. The zero-order valence-corrected chi connectivity index (χ0v) is 14.2. The van der Waals surface area contributed by atoms with Gasteiger partial charge in [-0.3, -0.25) is 9.59 Å². The zero-order chi connectivity index (χ0) is 17.0. The maximum absolute atomic E-state index is 12.4. The van der Waals surface area contributed by atoms with Crippen LogP contribution >= 0.6 is 0 Å². The van der Waals surface area contributed by atoms with Crippen molar-refractivity contribution in [2.75, 3.05) is 13.1 Å². The van der Waals surface area contributed by atoms with E-state index in [9.17, 15) is 9.59 Å². The maximum Gasteiger partial charge on any atom is 0.274 e. The molecule has 0 atom stereocenters. The molecule has 23 heavy (non-hydrogen) atoms. The normalized spacial score (nSPS) is 11.7. The van der Waals surface area contributed by atoms with E-state index in [1.54, 1.807) is 31.3 Å². The van der Waals surface area contributed by atoms with Crippen LogP contribution in [-0.4, -0.2) is 34.3 Å². The van der Waals surface area contributed by atoms with Crippen LogP contribution in [0.2, 0.25) is 0 Å². The SMILES string of the molecule is Cn1nc(C(=O)NCCC[NH2+]C(C)(C)C)c2ccccc2c1=O. The Balaban J connectivity index is 2.07. The molecule has 0 aliphatic rings. The first-order chi connectivity index (χ1) is 10.8. The minimum atomic E-state index is -0.243. The highest BCUT2D eigenvalue weighted by Crippen LogP contribution is 2.12. The van der Waals surface area contributed by atoms with E-state index >= 15 is 0 Å². The van der Waals surface area contributed by atoms with Gasteiger partial charge >= 0.3 is 0 Å². The lowest BCUT2D eigenvalue weighted by atomic mass is 10.1. The molecule has 0 saturated carbocycles. The number of carbonyl (C=O) groups excluding carboxylic acids is 1. The fourth-order valence-electron chi connectivity index (χ4n) is 2.39. The van der Waals surface area contributed by atoms with Crippen LogP contribution in [-0.2, 0) is 7.05 Å². The average molecular weight is 317 g/mol. The van der Waals surface area contributed by atoms with Crippen molar-refractivity contribution < 1.29 is 10.1 Å². The van der Waals surface area contributed by atoms with Gasteiger partial charge in [0, 0.05) is 25.4 Å². The Morgan fingerprint density at radius 3 is 2.57 bits per heavy atom. The van der Waals surface area contributed by atoms with Crippen LogP contribution in [0.25, 0.3) is 10.8 Å². The van der Waals surface area contributed by atoms with Crippen LogP contribution in [0.5, 0.6) is 0 Å². The third-order valence-electron chi connectivity index (χ3n) is 3.59. The van der Waals surface area contributed by atoms with Gasteiger partial charge in [0.25, 0.3) is 11.5 Å². The molecule has 0 aliphatic heterocycles. The second-order valence-corrected chi connectivity index (χ2v) is 6.79. The molecule has 2 rings (SSSR count). The summed E-state index contributed by atoms with van der Waals surface area (Å²) >= 11 is 0. The highest BCUT2D eigenvalue weighted by molar-refractivity contribution is 6.04. The van der Waals surface area contributed by atoms with Crippen molar-refractivity contribution in [3.63, 3.8) is 0 Å². The predicted molar refractivity (Wildman–Crippen MR) is 90.5 cm³/mol. The van der Waals surface area contributed by atoms with Crippen molar-refractivity contribution in [1.82, 2.24) is 15.1 Å². The van der Waals surface area contributed by atoms with E-state index in [1.807, 2.05) is 0 Å². The number of carbonyl (C=O) groups is 1. The molecular formula is C17H25N4O2+. The maximum atomic E-state index is 12.4. The molecule has 0 aliphatic carbocycles. The van der Waals surface area contributed by atoms with Gasteiger partial charge in [-0.15, -0.1) is 0 Å². The Kier molecular flexibility index (Phi) is 5.15. The molecule has 1 heterocycles. The van der Waals surface area contributed by atoms with Crippen molar-refractivity contribution >= 4 is 16.7 Å². The molecule has 2 aromatic rings. The van der Waals surface area contributed by atoms with Gasteiger partial charge in [0.1, 0.15) is 0 Å². The van der Waals surface area contributed by atoms with Gasteiger partial charge in [-0.2, -0.15) is 5.10 Å². The Morgan fingerprint density at radius 1 is 1.26 bits per heavy atom. The summed E-state index contributed by atoms with van der Waals surface area (Å²) in [5.41, 5.74) is 0.291. The average Bonchev–Trinajstić information content (AvgIpc) is 2.49. The van der Waals surface area contributed by atoms with Crippen LogP contribution in [0, 0.1) is 0 Å². The van der Waals surface area contributed by atoms with Gasteiger partial charge in [0.05, 0.1) is 17.5 Å². The molecule has 0 fully saturated rings. The highest BCUT2D eigenvalue weighted by Gasteiger charge is 2.15. The first-order valence-electron chi connectivity index (χ1n) is 7.88. The number of amides is 1. The molecule has 0 unspecified atom stereocenters. The van der Waals surface area contributed by atoms with E-state index in [0.29, 0.717) is 23.0 Å². The van der Waals surface area contributed by atoms with Crippen molar-refractivity contribution in [1.29, 1.82) is 0 Å². The second-order valence-electron chi connectivity index (χ2n) is 6.79. The number of benzene rings is 1. The van der Waals surface area contributed by atoms with E-state index < -0.39 is 0 Å². The number of nitrogens with two attached hydrogens (primary N) is 1. The molecular weight excluding hydrogens is 292 g/mol. The number of quaternary nitrogens is 1. The Hall–Kier alpha value is -2.21.